The molecule has 0 saturated heterocycles. The molecule has 0 heterocycles. The van der Waals surface area contributed by atoms with Crippen LogP contribution >= 0.6 is 0 Å². The minimum atomic E-state index is 0.127. The van der Waals surface area contributed by atoms with Crippen LogP contribution in [-0.4, -0.2) is 5.71 Å². The van der Waals surface area contributed by atoms with Gasteiger partial charge in [-0.3, -0.25) is 4.99 Å². The molecule has 0 aliphatic heterocycles. The Kier molecular flexibility index (Phi) is 8.62. The molecule has 1 aliphatic carbocycles. The molecular weight excluding hydrogens is 374 g/mol. The Hall–Kier alpha value is -2.41. The molecule has 0 spiro atoms. The molecule has 0 fully saturated rings. The van der Waals surface area contributed by atoms with Gasteiger partial charge in [-0.25, -0.2) is 0 Å². The first kappa shape index (κ1) is 24.9. The van der Waals surface area contributed by atoms with Gasteiger partial charge in [0.05, 0.1) is 5.70 Å². The predicted octanol–water partition coefficient (Wildman–Crippen LogP) is 8.82. The molecular formula is C30H41N. The maximum absolute atomic E-state index is 5.04. The van der Waals surface area contributed by atoms with Crippen LogP contribution < -0.4 is 0 Å². The van der Waals surface area contributed by atoms with Gasteiger partial charge in [0.2, 0.25) is 0 Å². The highest BCUT2D eigenvalue weighted by atomic mass is 14.8. The molecule has 1 heteroatoms. The summed E-state index contributed by atoms with van der Waals surface area (Å²) in [5.74, 6) is 0.591. The largest absolute Gasteiger partial charge is 0.258 e. The summed E-state index contributed by atoms with van der Waals surface area (Å²) in [7, 11) is 0. The van der Waals surface area contributed by atoms with Gasteiger partial charge in [-0.1, -0.05) is 76.4 Å². The Labute approximate surface area is 191 Å². The minimum absolute atomic E-state index is 0.127. The summed E-state index contributed by atoms with van der Waals surface area (Å²) in [5, 5.41) is 0. The minimum Gasteiger partial charge on any atom is -0.258 e. The van der Waals surface area contributed by atoms with Crippen molar-refractivity contribution in [1.29, 1.82) is 0 Å². The normalized spacial score (nSPS) is 22.5. The third kappa shape index (κ3) is 5.64. The molecule has 1 aromatic carbocycles. The van der Waals surface area contributed by atoms with Crippen LogP contribution in [0.1, 0.15) is 77.5 Å². The summed E-state index contributed by atoms with van der Waals surface area (Å²) >= 11 is 0. The van der Waals surface area contributed by atoms with Crippen molar-refractivity contribution in [3.63, 3.8) is 0 Å². The van der Waals surface area contributed by atoms with Crippen molar-refractivity contribution in [3.05, 3.63) is 89.2 Å². The van der Waals surface area contributed by atoms with Crippen molar-refractivity contribution >= 4 is 11.3 Å². The number of hydrogen-bond acceptors (Lipinski definition) is 1. The van der Waals surface area contributed by atoms with Crippen LogP contribution in [0, 0.1) is 18.3 Å². The highest BCUT2D eigenvalue weighted by Gasteiger charge is 2.37. The quantitative estimate of drug-likeness (QED) is 0.228. The van der Waals surface area contributed by atoms with E-state index in [1.54, 1.807) is 0 Å². The summed E-state index contributed by atoms with van der Waals surface area (Å²) in [4.78, 5) is 5.04. The van der Waals surface area contributed by atoms with Gasteiger partial charge in [0.1, 0.15) is 0 Å². The van der Waals surface area contributed by atoms with Gasteiger partial charge < -0.3 is 0 Å². The molecule has 2 rings (SSSR count). The summed E-state index contributed by atoms with van der Waals surface area (Å²) in [6.45, 7) is 23.9. The van der Waals surface area contributed by atoms with E-state index in [-0.39, 0.29) is 5.41 Å². The van der Waals surface area contributed by atoms with Gasteiger partial charge in [-0.2, -0.15) is 0 Å². The van der Waals surface area contributed by atoms with Crippen molar-refractivity contribution in [2.45, 2.75) is 74.1 Å². The van der Waals surface area contributed by atoms with E-state index in [1.807, 2.05) is 6.92 Å². The van der Waals surface area contributed by atoms with Crippen LogP contribution in [0.5, 0.6) is 0 Å². The first-order valence-corrected chi connectivity index (χ1v) is 11.7. The Morgan fingerprint density at radius 3 is 2.42 bits per heavy atom. The third-order valence-corrected chi connectivity index (χ3v) is 7.19. The van der Waals surface area contributed by atoms with Crippen molar-refractivity contribution in [2.75, 3.05) is 0 Å². The topological polar surface area (TPSA) is 12.4 Å². The standard InChI is InChI=1S/C30H41N/c1-10-27-20-28(17-15-22(27)5)23(6)16-18-29(21(3)4)25(8)31-26(9)30(11-2)19-13-12-14-24(30)7/h12-13,15-18,20,24H,3,8,10-11,14,19H2,1-2,4-7,9H3/b23-16+,29-18-,31-26+. The zero-order chi connectivity index (χ0) is 23.2. The molecule has 2 unspecified atom stereocenters. The maximum Gasteiger partial charge on any atom is 0.0632 e. The molecule has 0 amide bonds. The van der Waals surface area contributed by atoms with Gasteiger partial charge in [0.25, 0.3) is 0 Å². The van der Waals surface area contributed by atoms with E-state index in [0.29, 0.717) is 5.92 Å². The van der Waals surface area contributed by atoms with E-state index in [9.17, 15) is 0 Å². The first-order valence-electron chi connectivity index (χ1n) is 11.7. The number of benzene rings is 1. The Bertz CT molecular complexity index is 951. The predicted molar refractivity (Wildman–Crippen MR) is 140 cm³/mol. The molecule has 1 aromatic rings. The van der Waals surface area contributed by atoms with Crippen LogP contribution in [-0.2, 0) is 6.42 Å². The summed E-state index contributed by atoms with van der Waals surface area (Å²) in [6, 6.07) is 6.72. The molecule has 1 nitrogen and oxygen atoms in total. The Morgan fingerprint density at radius 1 is 1.13 bits per heavy atom. The fourth-order valence-electron chi connectivity index (χ4n) is 4.73. The average molecular weight is 416 g/mol. The summed E-state index contributed by atoms with van der Waals surface area (Å²) in [6.07, 6.45) is 13.3. The molecule has 166 valence electrons. The smallest absolute Gasteiger partial charge is 0.0632 e. The second-order valence-electron chi connectivity index (χ2n) is 9.17. The Morgan fingerprint density at radius 2 is 1.84 bits per heavy atom. The summed E-state index contributed by atoms with van der Waals surface area (Å²) in [5.41, 5.74) is 9.39. The summed E-state index contributed by atoms with van der Waals surface area (Å²) < 4.78 is 0. The van der Waals surface area contributed by atoms with Crippen LogP contribution in [0.15, 0.2) is 77.5 Å². The van der Waals surface area contributed by atoms with Crippen molar-refractivity contribution in [3.8, 4) is 0 Å². The van der Waals surface area contributed by atoms with Crippen LogP contribution in [0.25, 0.3) is 5.57 Å². The molecule has 0 bridgehead atoms. The molecule has 31 heavy (non-hydrogen) atoms. The lowest BCUT2D eigenvalue weighted by atomic mass is 9.65. The van der Waals surface area contributed by atoms with Crippen LogP contribution in [0.4, 0.5) is 0 Å². The van der Waals surface area contributed by atoms with Crippen molar-refractivity contribution in [1.82, 2.24) is 0 Å². The SMILES string of the molecule is C=C(C)/C(=C/C=C(\C)c1ccc(C)c(CC)c1)C(=C)/N=C(\C)C1(CC)CC=CCC1C. The third-order valence-electron chi connectivity index (χ3n) is 7.19. The monoisotopic (exact) mass is 415 g/mol. The van der Waals surface area contributed by atoms with Gasteiger partial charge in [0, 0.05) is 16.7 Å². The lowest BCUT2D eigenvalue weighted by molar-refractivity contribution is 0.256. The number of nitrogens with zero attached hydrogens (tertiary/aromatic N) is 1. The highest BCUT2D eigenvalue weighted by Crippen LogP contribution is 2.43. The number of aryl methyl sites for hydroxylation is 2. The second kappa shape index (κ2) is 10.8. The first-order chi connectivity index (χ1) is 14.7. The lowest BCUT2D eigenvalue weighted by Crippen LogP contribution is -2.36. The van der Waals surface area contributed by atoms with Crippen molar-refractivity contribution < 1.29 is 0 Å². The molecule has 0 saturated carbocycles. The van der Waals surface area contributed by atoms with Gasteiger partial charge >= 0.3 is 0 Å². The molecule has 1 aliphatic rings. The van der Waals surface area contributed by atoms with Gasteiger partial charge in [-0.05, 0) is 87.1 Å². The molecule has 0 aromatic heterocycles. The lowest BCUT2D eigenvalue weighted by Gasteiger charge is -2.40. The van der Waals surface area contributed by atoms with E-state index < -0.39 is 0 Å². The van der Waals surface area contributed by atoms with Crippen molar-refractivity contribution in [2.24, 2.45) is 16.3 Å². The fraction of sp³-hybridized carbons (Fsp3) is 0.433. The molecule has 0 N–H and O–H groups in total. The van der Waals surface area contributed by atoms with E-state index >= 15 is 0 Å². The van der Waals surface area contributed by atoms with Crippen LogP contribution in [0.2, 0.25) is 0 Å². The zero-order valence-electron chi connectivity index (χ0n) is 20.8. The number of aliphatic imine (C=N–C) groups is 1. The Balaban J connectivity index is 2.36. The number of allylic oxidation sites excluding steroid dienone is 6. The van der Waals surface area contributed by atoms with Gasteiger partial charge in [0.15, 0.2) is 0 Å². The van der Waals surface area contributed by atoms with Crippen LogP contribution in [0.3, 0.4) is 0 Å². The van der Waals surface area contributed by atoms with Gasteiger partial charge in [-0.15, -0.1) is 0 Å². The highest BCUT2D eigenvalue weighted by molar-refractivity contribution is 5.90. The van der Waals surface area contributed by atoms with E-state index in [4.69, 9.17) is 4.99 Å². The van der Waals surface area contributed by atoms with E-state index in [0.717, 1.165) is 42.5 Å². The molecule has 0 radical (unpaired) electrons. The molecule has 2 atom stereocenters. The van der Waals surface area contributed by atoms with E-state index in [2.05, 4.69) is 97.2 Å². The zero-order valence-corrected chi connectivity index (χ0v) is 20.8. The second-order valence-corrected chi connectivity index (χ2v) is 9.17. The number of hydrogen-bond donors (Lipinski definition) is 0. The average Bonchev–Trinajstić information content (AvgIpc) is 2.74. The van der Waals surface area contributed by atoms with E-state index in [1.165, 1.54) is 28.0 Å². The number of rotatable bonds is 8. The maximum atomic E-state index is 5.04. The fourth-order valence-corrected chi connectivity index (χ4v) is 4.73.